The van der Waals surface area contributed by atoms with Crippen LogP contribution in [0.4, 0.5) is 10.1 Å². The lowest BCUT2D eigenvalue weighted by atomic mass is 9.96. The second kappa shape index (κ2) is 5.02. The molecule has 100 valence electrons. The summed E-state index contributed by atoms with van der Waals surface area (Å²) in [5, 5.41) is 0. The number of Topliss-reactive ketones (excluding diaryl/α,β-unsaturated/α-hetero) is 1. The fourth-order valence-electron chi connectivity index (χ4n) is 2.59. The van der Waals surface area contributed by atoms with Crippen molar-refractivity contribution in [3.8, 4) is 5.69 Å². The Bertz CT molecular complexity index is 758. The lowest BCUT2D eigenvalue weighted by molar-refractivity contribution is 0.0971. The van der Waals surface area contributed by atoms with Crippen molar-refractivity contribution in [3.05, 3.63) is 56.5 Å². The van der Waals surface area contributed by atoms with Crippen LogP contribution in [0.1, 0.15) is 28.9 Å². The highest BCUT2D eigenvalue weighted by Crippen LogP contribution is 2.31. The van der Waals surface area contributed by atoms with Gasteiger partial charge in [-0.3, -0.25) is 4.79 Å². The van der Waals surface area contributed by atoms with Gasteiger partial charge in [0.15, 0.2) is 11.5 Å². The summed E-state index contributed by atoms with van der Waals surface area (Å²) in [4.78, 5) is 15.3. The van der Waals surface area contributed by atoms with Gasteiger partial charge in [-0.25, -0.2) is 9.24 Å². The maximum absolute atomic E-state index is 13.6. The standard InChI is InChI=1S/C15H10FIN2O/c1-18-10-5-9(16)6-11(7-10)19-8-12(17)15-13(19)3-2-4-14(15)20/h5-8H,2-4H2. The molecule has 0 bridgehead atoms. The average molecular weight is 380 g/mol. The molecule has 2 aromatic rings. The zero-order valence-corrected chi connectivity index (χ0v) is 12.6. The highest BCUT2D eigenvalue weighted by Gasteiger charge is 2.25. The molecule has 3 nitrogen and oxygen atoms in total. The molecule has 0 saturated carbocycles. The summed E-state index contributed by atoms with van der Waals surface area (Å²) in [6.07, 6.45) is 4.03. The Morgan fingerprint density at radius 3 is 2.85 bits per heavy atom. The lowest BCUT2D eigenvalue weighted by Crippen LogP contribution is -2.13. The SMILES string of the molecule is [C-]#[N+]c1cc(F)cc(-n2cc(I)c3c2CCCC3=O)c1. The first-order valence-corrected chi connectivity index (χ1v) is 7.29. The largest absolute Gasteiger partial charge is 0.320 e. The smallest absolute Gasteiger partial charge is 0.192 e. The van der Waals surface area contributed by atoms with Gasteiger partial charge >= 0.3 is 0 Å². The van der Waals surface area contributed by atoms with Crippen LogP contribution in [0.15, 0.2) is 24.4 Å². The first kappa shape index (κ1) is 13.3. The molecule has 1 aromatic carbocycles. The summed E-state index contributed by atoms with van der Waals surface area (Å²) in [6, 6.07) is 4.25. The van der Waals surface area contributed by atoms with Gasteiger partial charge in [0.2, 0.25) is 0 Å². The summed E-state index contributed by atoms with van der Waals surface area (Å²) in [5.74, 6) is -0.288. The van der Waals surface area contributed by atoms with Crippen molar-refractivity contribution >= 4 is 34.1 Å². The van der Waals surface area contributed by atoms with E-state index in [4.69, 9.17) is 6.57 Å². The molecule has 1 aliphatic rings. The van der Waals surface area contributed by atoms with Gasteiger partial charge in [0.1, 0.15) is 5.82 Å². The number of hydrogen-bond acceptors (Lipinski definition) is 1. The fraction of sp³-hybridized carbons (Fsp3) is 0.200. The molecule has 0 N–H and O–H groups in total. The molecule has 0 atom stereocenters. The first-order valence-electron chi connectivity index (χ1n) is 6.21. The number of nitrogens with zero attached hydrogens (tertiary/aromatic N) is 2. The lowest BCUT2D eigenvalue weighted by Gasteiger charge is -2.15. The molecule has 1 heterocycles. The van der Waals surface area contributed by atoms with E-state index in [0.717, 1.165) is 27.7 Å². The molecule has 0 amide bonds. The summed E-state index contributed by atoms with van der Waals surface area (Å²) < 4.78 is 16.3. The molecule has 0 fully saturated rings. The molecule has 3 rings (SSSR count). The molecule has 0 saturated heterocycles. The summed E-state index contributed by atoms with van der Waals surface area (Å²) in [5.41, 5.74) is 2.54. The number of carbonyl (C=O) groups excluding carboxylic acids is 1. The van der Waals surface area contributed by atoms with Crippen molar-refractivity contribution in [2.75, 3.05) is 0 Å². The van der Waals surface area contributed by atoms with E-state index < -0.39 is 5.82 Å². The predicted molar refractivity (Wildman–Crippen MR) is 82.0 cm³/mol. The highest BCUT2D eigenvalue weighted by molar-refractivity contribution is 14.1. The van der Waals surface area contributed by atoms with Crippen molar-refractivity contribution in [1.82, 2.24) is 4.57 Å². The molecular formula is C15H10FIN2O. The van der Waals surface area contributed by atoms with Crippen LogP contribution in [0.5, 0.6) is 0 Å². The van der Waals surface area contributed by atoms with E-state index in [-0.39, 0.29) is 11.5 Å². The van der Waals surface area contributed by atoms with Gasteiger partial charge in [-0.05, 0) is 53.6 Å². The monoisotopic (exact) mass is 380 g/mol. The van der Waals surface area contributed by atoms with E-state index in [1.807, 2.05) is 10.8 Å². The third kappa shape index (κ3) is 2.14. The van der Waals surface area contributed by atoms with E-state index in [0.29, 0.717) is 12.1 Å². The minimum Gasteiger partial charge on any atom is -0.320 e. The van der Waals surface area contributed by atoms with Gasteiger partial charge in [-0.1, -0.05) is 0 Å². The highest BCUT2D eigenvalue weighted by atomic mass is 127. The minimum absolute atomic E-state index is 0.149. The van der Waals surface area contributed by atoms with Crippen LogP contribution in [-0.2, 0) is 6.42 Å². The zero-order valence-electron chi connectivity index (χ0n) is 10.5. The molecule has 0 unspecified atom stereocenters. The van der Waals surface area contributed by atoms with Crippen LogP contribution >= 0.6 is 22.6 Å². The fourth-order valence-corrected chi connectivity index (χ4v) is 3.48. The van der Waals surface area contributed by atoms with Gasteiger partial charge in [0.25, 0.3) is 0 Å². The van der Waals surface area contributed by atoms with Crippen molar-refractivity contribution in [2.24, 2.45) is 0 Å². The maximum atomic E-state index is 13.6. The molecule has 20 heavy (non-hydrogen) atoms. The number of benzene rings is 1. The molecular weight excluding hydrogens is 370 g/mol. The van der Waals surface area contributed by atoms with Crippen LogP contribution in [0.25, 0.3) is 10.5 Å². The number of rotatable bonds is 1. The van der Waals surface area contributed by atoms with Crippen LogP contribution in [0.3, 0.4) is 0 Å². The van der Waals surface area contributed by atoms with Crippen LogP contribution in [-0.4, -0.2) is 10.4 Å². The van der Waals surface area contributed by atoms with Crippen LogP contribution < -0.4 is 0 Å². The predicted octanol–water partition coefficient (Wildman–Crippen LogP) is 4.29. The van der Waals surface area contributed by atoms with Crippen LogP contribution in [0, 0.1) is 16.0 Å². The molecule has 5 heteroatoms. The normalized spacial score (nSPS) is 13.9. The van der Waals surface area contributed by atoms with Crippen molar-refractivity contribution in [1.29, 1.82) is 0 Å². The minimum atomic E-state index is -0.437. The zero-order chi connectivity index (χ0) is 14.3. The number of carbonyl (C=O) groups is 1. The van der Waals surface area contributed by atoms with Gasteiger partial charge < -0.3 is 4.57 Å². The number of hydrogen-bond donors (Lipinski definition) is 0. The quantitative estimate of drug-likeness (QED) is 0.536. The maximum Gasteiger partial charge on any atom is 0.192 e. The second-order valence-electron chi connectivity index (χ2n) is 4.72. The van der Waals surface area contributed by atoms with Gasteiger partial charge in [0, 0.05) is 27.6 Å². The number of ketones is 1. The van der Waals surface area contributed by atoms with E-state index >= 15 is 0 Å². The van der Waals surface area contributed by atoms with Crippen molar-refractivity contribution in [2.45, 2.75) is 19.3 Å². The van der Waals surface area contributed by atoms with Crippen LogP contribution in [0.2, 0.25) is 0 Å². The summed E-state index contributed by atoms with van der Waals surface area (Å²) >= 11 is 2.14. The Hall–Kier alpha value is -1.68. The Kier molecular flexibility index (Phi) is 3.34. The number of halogens is 2. The van der Waals surface area contributed by atoms with Crippen molar-refractivity contribution in [3.63, 3.8) is 0 Å². The van der Waals surface area contributed by atoms with Gasteiger partial charge in [-0.2, -0.15) is 0 Å². The molecule has 0 spiro atoms. The molecule has 0 radical (unpaired) electrons. The van der Waals surface area contributed by atoms with E-state index in [1.54, 1.807) is 6.07 Å². The molecule has 1 aliphatic carbocycles. The van der Waals surface area contributed by atoms with Crippen molar-refractivity contribution < 1.29 is 9.18 Å². The third-order valence-corrected chi connectivity index (χ3v) is 4.25. The van der Waals surface area contributed by atoms with Gasteiger partial charge in [0.05, 0.1) is 12.1 Å². The Morgan fingerprint density at radius 1 is 1.30 bits per heavy atom. The topological polar surface area (TPSA) is 26.4 Å². The third-order valence-electron chi connectivity index (χ3n) is 3.43. The summed E-state index contributed by atoms with van der Waals surface area (Å²) in [6.45, 7) is 7.02. The van der Waals surface area contributed by atoms with E-state index in [2.05, 4.69) is 27.4 Å². The average Bonchev–Trinajstić information content (AvgIpc) is 2.77. The van der Waals surface area contributed by atoms with Gasteiger partial charge in [-0.15, -0.1) is 0 Å². The molecule has 1 aromatic heterocycles. The number of aromatic nitrogens is 1. The number of fused-ring (bicyclic) bond motifs is 1. The Morgan fingerprint density at radius 2 is 2.10 bits per heavy atom. The first-order chi connectivity index (χ1) is 9.60. The summed E-state index contributed by atoms with van der Waals surface area (Å²) in [7, 11) is 0. The van der Waals surface area contributed by atoms with E-state index in [1.165, 1.54) is 12.1 Å². The second-order valence-corrected chi connectivity index (χ2v) is 5.89. The Balaban J connectivity index is 2.21. The van der Waals surface area contributed by atoms with E-state index in [9.17, 15) is 9.18 Å². The molecule has 0 aliphatic heterocycles. The Labute approximate surface area is 129 Å².